The van der Waals surface area contributed by atoms with Crippen LogP contribution in [0.4, 0.5) is 5.69 Å². The van der Waals surface area contributed by atoms with Gasteiger partial charge in [0.25, 0.3) is 0 Å². The molecule has 13 heavy (non-hydrogen) atoms. The van der Waals surface area contributed by atoms with Crippen molar-refractivity contribution in [2.45, 2.75) is 6.42 Å². The lowest BCUT2D eigenvalue weighted by Crippen LogP contribution is -2.02. The summed E-state index contributed by atoms with van der Waals surface area (Å²) >= 11 is 0. The van der Waals surface area contributed by atoms with Crippen molar-refractivity contribution in [3.8, 4) is 0 Å². The van der Waals surface area contributed by atoms with E-state index in [4.69, 9.17) is 15.9 Å². The Morgan fingerprint density at radius 3 is 3.00 bits per heavy atom. The number of fused-ring (bicyclic) bond motifs is 1. The van der Waals surface area contributed by atoms with Crippen molar-refractivity contribution in [3.05, 3.63) is 24.1 Å². The van der Waals surface area contributed by atoms with E-state index in [1.807, 2.05) is 6.07 Å². The van der Waals surface area contributed by atoms with Gasteiger partial charge >= 0.3 is 0 Å². The highest BCUT2D eigenvalue weighted by molar-refractivity contribution is 5.76. The lowest BCUT2D eigenvalue weighted by atomic mass is 10.3. The Kier molecular flexibility index (Phi) is 1.90. The van der Waals surface area contributed by atoms with Crippen molar-refractivity contribution in [2.75, 3.05) is 12.3 Å². The average Bonchev–Trinajstić information content (AvgIpc) is 2.46. The van der Waals surface area contributed by atoms with Crippen LogP contribution in [0.25, 0.3) is 11.1 Å². The fourth-order valence-corrected chi connectivity index (χ4v) is 1.22. The SMILES string of the molecule is NCCc1nc2cc(N)ccc2o1. The van der Waals surface area contributed by atoms with Gasteiger partial charge in [0.1, 0.15) is 5.52 Å². The van der Waals surface area contributed by atoms with E-state index in [0.717, 1.165) is 11.1 Å². The zero-order valence-electron chi connectivity index (χ0n) is 7.16. The second-order valence-electron chi connectivity index (χ2n) is 2.87. The second-order valence-corrected chi connectivity index (χ2v) is 2.87. The summed E-state index contributed by atoms with van der Waals surface area (Å²) in [5, 5.41) is 0. The number of oxazole rings is 1. The number of anilines is 1. The Labute approximate surface area is 75.5 Å². The van der Waals surface area contributed by atoms with Crippen molar-refractivity contribution in [1.82, 2.24) is 4.98 Å². The maximum atomic E-state index is 5.60. The minimum atomic E-state index is 0.544. The van der Waals surface area contributed by atoms with Gasteiger partial charge in [0.05, 0.1) is 0 Å². The van der Waals surface area contributed by atoms with Gasteiger partial charge in [-0.15, -0.1) is 0 Å². The molecule has 4 nitrogen and oxygen atoms in total. The van der Waals surface area contributed by atoms with E-state index in [9.17, 15) is 0 Å². The van der Waals surface area contributed by atoms with Crippen LogP contribution in [0.2, 0.25) is 0 Å². The largest absolute Gasteiger partial charge is 0.441 e. The molecule has 0 radical (unpaired) electrons. The first-order chi connectivity index (χ1) is 6.29. The van der Waals surface area contributed by atoms with Gasteiger partial charge in [-0.1, -0.05) is 0 Å². The van der Waals surface area contributed by atoms with Crippen LogP contribution in [0, 0.1) is 0 Å². The number of hydrogen-bond acceptors (Lipinski definition) is 4. The highest BCUT2D eigenvalue weighted by Crippen LogP contribution is 2.18. The fourth-order valence-electron chi connectivity index (χ4n) is 1.22. The molecule has 0 fully saturated rings. The molecule has 0 aliphatic heterocycles. The quantitative estimate of drug-likeness (QED) is 0.668. The lowest BCUT2D eigenvalue weighted by molar-refractivity contribution is 0.531. The molecule has 0 bridgehead atoms. The molecule has 0 amide bonds. The predicted molar refractivity (Wildman–Crippen MR) is 51.2 cm³/mol. The Bertz CT molecular complexity index is 422. The second kappa shape index (κ2) is 3.06. The molecule has 68 valence electrons. The number of aromatic nitrogens is 1. The summed E-state index contributed by atoms with van der Waals surface area (Å²) in [4.78, 5) is 4.24. The highest BCUT2D eigenvalue weighted by atomic mass is 16.3. The van der Waals surface area contributed by atoms with E-state index in [1.54, 1.807) is 12.1 Å². The summed E-state index contributed by atoms with van der Waals surface area (Å²) in [6.07, 6.45) is 0.661. The van der Waals surface area contributed by atoms with Crippen molar-refractivity contribution >= 4 is 16.8 Å². The number of nitrogens with two attached hydrogens (primary N) is 2. The van der Waals surface area contributed by atoms with Gasteiger partial charge in [-0.25, -0.2) is 4.98 Å². The molecule has 0 saturated carbocycles. The molecular formula is C9H11N3O. The summed E-state index contributed by atoms with van der Waals surface area (Å²) < 4.78 is 5.42. The highest BCUT2D eigenvalue weighted by Gasteiger charge is 2.04. The van der Waals surface area contributed by atoms with Crippen molar-refractivity contribution in [1.29, 1.82) is 0 Å². The van der Waals surface area contributed by atoms with Crippen LogP contribution in [-0.2, 0) is 6.42 Å². The normalized spacial score (nSPS) is 10.8. The zero-order chi connectivity index (χ0) is 9.26. The van der Waals surface area contributed by atoms with Crippen molar-refractivity contribution in [2.24, 2.45) is 5.73 Å². The molecule has 0 aliphatic rings. The van der Waals surface area contributed by atoms with Crippen LogP contribution >= 0.6 is 0 Å². The predicted octanol–water partition coefficient (Wildman–Crippen LogP) is 0.911. The standard InChI is InChI=1S/C9H11N3O/c10-4-3-9-12-7-5-6(11)1-2-8(7)13-9/h1-2,5H,3-4,10-11H2. The number of rotatable bonds is 2. The Morgan fingerprint density at radius 1 is 1.38 bits per heavy atom. The summed E-state index contributed by atoms with van der Waals surface area (Å²) in [6.45, 7) is 0.544. The molecule has 0 atom stereocenters. The topological polar surface area (TPSA) is 78.1 Å². The number of hydrogen-bond donors (Lipinski definition) is 2. The van der Waals surface area contributed by atoms with Gasteiger partial charge in [0.15, 0.2) is 11.5 Å². The molecule has 1 aromatic carbocycles. The monoisotopic (exact) mass is 177 g/mol. The number of benzene rings is 1. The summed E-state index contributed by atoms with van der Waals surface area (Å²) in [7, 11) is 0. The fraction of sp³-hybridized carbons (Fsp3) is 0.222. The maximum absolute atomic E-state index is 5.60. The third-order valence-electron chi connectivity index (χ3n) is 1.81. The zero-order valence-corrected chi connectivity index (χ0v) is 7.16. The Morgan fingerprint density at radius 2 is 2.23 bits per heavy atom. The van der Waals surface area contributed by atoms with E-state index in [-0.39, 0.29) is 0 Å². The molecule has 2 aromatic rings. The first kappa shape index (κ1) is 8.07. The van der Waals surface area contributed by atoms with E-state index >= 15 is 0 Å². The summed E-state index contributed by atoms with van der Waals surface area (Å²) in [6, 6.07) is 5.40. The first-order valence-electron chi connectivity index (χ1n) is 4.14. The average molecular weight is 177 g/mol. The molecule has 1 heterocycles. The van der Waals surface area contributed by atoms with Gasteiger partial charge in [0.2, 0.25) is 0 Å². The van der Waals surface area contributed by atoms with Crippen LogP contribution in [0.3, 0.4) is 0 Å². The van der Waals surface area contributed by atoms with Crippen LogP contribution in [0.5, 0.6) is 0 Å². The van der Waals surface area contributed by atoms with Crippen molar-refractivity contribution in [3.63, 3.8) is 0 Å². The Balaban J connectivity index is 2.49. The molecule has 0 unspecified atom stereocenters. The summed E-state index contributed by atoms with van der Waals surface area (Å²) in [5.74, 6) is 0.670. The van der Waals surface area contributed by atoms with Gasteiger partial charge in [-0.2, -0.15) is 0 Å². The van der Waals surface area contributed by atoms with Gasteiger partial charge in [-0.3, -0.25) is 0 Å². The first-order valence-corrected chi connectivity index (χ1v) is 4.14. The van der Waals surface area contributed by atoms with E-state index in [2.05, 4.69) is 4.98 Å². The van der Waals surface area contributed by atoms with Crippen LogP contribution in [-0.4, -0.2) is 11.5 Å². The number of nitrogen functional groups attached to an aromatic ring is 1. The third-order valence-corrected chi connectivity index (χ3v) is 1.81. The van der Waals surface area contributed by atoms with E-state index in [0.29, 0.717) is 24.5 Å². The van der Waals surface area contributed by atoms with Crippen LogP contribution in [0.15, 0.2) is 22.6 Å². The molecular weight excluding hydrogens is 166 g/mol. The van der Waals surface area contributed by atoms with Gasteiger partial charge in [-0.05, 0) is 18.2 Å². The van der Waals surface area contributed by atoms with Gasteiger partial charge < -0.3 is 15.9 Å². The maximum Gasteiger partial charge on any atom is 0.196 e. The summed E-state index contributed by atoms with van der Waals surface area (Å²) in [5.41, 5.74) is 13.2. The third kappa shape index (κ3) is 1.48. The molecule has 0 saturated heterocycles. The minimum absolute atomic E-state index is 0.544. The molecule has 1 aromatic heterocycles. The lowest BCUT2D eigenvalue weighted by Gasteiger charge is -1.88. The van der Waals surface area contributed by atoms with Crippen LogP contribution in [0.1, 0.15) is 5.89 Å². The minimum Gasteiger partial charge on any atom is -0.441 e. The molecule has 4 N–H and O–H groups in total. The van der Waals surface area contributed by atoms with Crippen LogP contribution < -0.4 is 11.5 Å². The van der Waals surface area contributed by atoms with E-state index in [1.165, 1.54) is 0 Å². The number of nitrogens with zero attached hydrogens (tertiary/aromatic N) is 1. The van der Waals surface area contributed by atoms with Crippen molar-refractivity contribution < 1.29 is 4.42 Å². The smallest absolute Gasteiger partial charge is 0.196 e. The molecule has 0 spiro atoms. The molecule has 4 heteroatoms. The molecule has 0 aliphatic carbocycles. The Hall–Kier alpha value is -1.55. The molecule has 2 rings (SSSR count). The van der Waals surface area contributed by atoms with E-state index < -0.39 is 0 Å². The van der Waals surface area contributed by atoms with Gasteiger partial charge in [0, 0.05) is 18.7 Å².